The summed E-state index contributed by atoms with van der Waals surface area (Å²) in [5, 5.41) is 10.6. The molecule has 5 nitrogen and oxygen atoms in total. The summed E-state index contributed by atoms with van der Waals surface area (Å²) in [5.41, 5.74) is 2.32. The second kappa shape index (κ2) is 6.30. The van der Waals surface area contributed by atoms with Gasteiger partial charge in [-0.15, -0.1) is 5.10 Å². The van der Waals surface area contributed by atoms with Gasteiger partial charge in [0, 0.05) is 12.5 Å². The Balaban J connectivity index is 1.42. The third kappa shape index (κ3) is 4.07. The maximum atomic E-state index is 11.8. The van der Waals surface area contributed by atoms with Gasteiger partial charge in [0.15, 0.2) is 0 Å². The normalized spacial score (nSPS) is 14.1. The average Bonchev–Trinajstić information content (AvgIpc) is 3.23. The molecule has 1 aromatic heterocycles. The molecule has 1 aromatic carbocycles. The molecule has 0 atom stereocenters. The van der Waals surface area contributed by atoms with E-state index in [0.717, 1.165) is 11.4 Å². The van der Waals surface area contributed by atoms with Crippen molar-refractivity contribution in [3.63, 3.8) is 0 Å². The minimum absolute atomic E-state index is 0.00153. The predicted octanol–water partition coefficient (Wildman–Crippen LogP) is 2.40. The molecule has 0 saturated heterocycles. The van der Waals surface area contributed by atoms with Gasteiger partial charge in [0.1, 0.15) is 5.82 Å². The van der Waals surface area contributed by atoms with Gasteiger partial charge in [-0.2, -0.15) is 0 Å². The zero-order chi connectivity index (χ0) is 14.7. The van der Waals surface area contributed by atoms with Gasteiger partial charge in [0.25, 0.3) is 0 Å². The quantitative estimate of drug-likeness (QED) is 0.804. The van der Waals surface area contributed by atoms with Crippen LogP contribution >= 0.6 is 11.8 Å². The summed E-state index contributed by atoms with van der Waals surface area (Å²) in [5.74, 6) is 1.85. The summed E-state index contributed by atoms with van der Waals surface area (Å²) in [6, 6.07) is 8.15. The number of carbonyl (C=O) groups excluding carboxylic acids is 1. The molecular formula is C15H18N4OS. The molecule has 1 aliphatic rings. The first-order valence-electron chi connectivity index (χ1n) is 7.08. The van der Waals surface area contributed by atoms with Gasteiger partial charge in [-0.1, -0.05) is 41.6 Å². The van der Waals surface area contributed by atoms with Crippen LogP contribution in [0.2, 0.25) is 0 Å². The first kappa shape index (κ1) is 14.1. The van der Waals surface area contributed by atoms with Gasteiger partial charge in [-0.05, 0) is 25.3 Å². The van der Waals surface area contributed by atoms with E-state index in [1.165, 1.54) is 30.2 Å². The molecule has 3 rings (SSSR count). The third-order valence-electron chi connectivity index (χ3n) is 3.39. The minimum atomic E-state index is -0.00153. The Morgan fingerprint density at radius 3 is 2.86 bits per heavy atom. The number of aromatic nitrogens is 3. The van der Waals surface area contributed by atoms with Crippen LogP contribution in [0.4, 0.5) is 0 Å². The second-order valence-electron chi connectivity index (χ2n) is 5.33. The molecule has 1 heterocycles. The second-order valence-corrected chi connectivity index (χ2v) is 6.27. The standard InChI is InChI=1S/C15H18N4OS/c1-10-2-4-11(5-3-10)8-16-13(20)9-21-15-17-14(18-19-15)12-6-7-12/h2-5,12H,6-9H2,1H3,(H,16,20)(H,17,18,19). The van der Waals surface area contributed by atoms with Crippen molar-refractivity contribution in [2.24, 2.45) is 0 Å². The lowest BCUT2D eigenvalue weighted by Gasteiger charge is -2.04. The van der Waals surface area contributed by atoms with Crippen LogP contribution in [0.3, 0.4) is 0 Å². The molecule has 0 aliphatic heterocycles. The number of nitrogens with one attached hydrogen (secondary N) is 2. The molecule has 110 valence electrons. The Morgan fingerprint density at radius 2 is 2.14 bits per heavy atom. The van der Waals surface area contributed by atoms with Crippen LogP contribution < -0.4 is 5.32 Å². The van der Waals surface area contributed by atoms with E-state index in [4.69, 9.17) is 0 Å². The average molecular weight is 302 g/mol. The van der Waals surface area contributed by atoms with E-state index in [-0.39, 0.29) is 5.91 Å². The number of amides is 1. The maximum Gasteiger partial charge on any atom is 0.230 e. The number of nitrogens with zero attached hydrogens (tertiary/aromatic N) is 2. The molecule has 1 amide bonds. The molecular weight excluding hydrogens is 284 g/mol. The summed E-state index contributed by atoms with van der Waals surface area (Å²) in [6.07, 6.45) is 2.38. The molecule has 0 unspecified atom stereocenters. The Morgan fingerprint density at radius 1 is 1.38 bits per heavy atom. The summed E-state index contributed by atoms with van der Waals surface area (Å²) in [6.45, 7) is 2.60. The Kier molecular flexibility index (Phi) is 4.24. The number of H-pyrrole nitrogens is 1. The topological polar surface area (TPSA) is 70.7 Å². The SMILES string of the molecule is Cc1ccc(CNC(=O)CSc2n[nH]c(C3CC3)n2)cc1. The smallest absolute Gasteiger partial charge is 0.230 e. The number of rotatable bonds is 6. The highest BCUT2D eigenvalue weighted by Gasteiger charge is 2.27. The fourth-order valence-corrected chi connectivity index (χ4v) is 2.59. The largest absolute Gasteiger partial charge is 0.351 e. The predicted molar refractivity (Wildman–Crippen MR) is 82.1 cm³/mol. The summed E-state index contributed by atoms with van der Waals surface area (Å²) < 4.78 is 0. The van der Waals surface area contributed by atoms with Gasteiger partial charge in [0.05, 0.1) is 5.75 Å². The van der Waals surface area contributed by atoms with Crippen LogP contribution in [0.1, 0.15) is 35.7 Å². The van der Waals surface area contributed by atoms with E-state index in [0.29, 0.717) is 23.4 Å². The maximum absolute atomic E-state index is 11.8. The van der Waals surface area contributed by atoms with Gasteiger partial charge in [-0.25, -0.2) is 4.98 Å². The third-order valence-corrected chi connectivity index (χ3v) is 4.24. The first-order valence-corrected chi connectivity index (χ1v) is 8.06. The number of carbonyl (C=O) groups is 1. The van der Waals surface area contributed by atoms with Crippen LogP contribution in [-0.4, -0.2) is 26.8 Å². The molecule has 6 heteroatoms. The number of thioether (sulfide) groups is 1. The van der Waals surface area contributed by atoms with Crippen molar-refractivity contribution in [1.82, 2.24) is 20.5 Å². The lowest BCUT2D eigenvalue weighted by molar-refractivity contribution is -0.118. The van der Waals surface area contributed by atoms with E-state index < -0.39 is 0 Å². The van der Waals surface area contributed by atoms with Crippen LogP contribution in [-0.2, 0) is 11.3 Å². The van der Waals surface area contributed by atoms with Crippen LogP contribution in [0, 0.1) is 6.92 Å². The van der Waals surface area contributed by atoms with Crippen LogP contribution in [0.25, 0.3) is 0 Å². The van der Waals surface area contributed by atoms with Gasteiger partial charge >= 0.3 is 0 Å². The molecule has 1 fully saturated rings. The summed E-state index contributed by atoms with van der Waals surface area (Å²) >= 11 is 1.37. The number of benzene rings is 1. The molecule has 0 bridgehead atoms. The number of aromatic amines is 1. The van der Waals surface area contributed by atoms with E-state index in [1.54, 1.807) is 0 Å². The Bertz CT molecular complexity index is 619. The zero-order valence-electron chi connectivity index (χ0n) is 11.9. The molecule has 1 aliphatic carbocycles. The lowest BCUT2D eigenvalue weighted by atomic mass is 10.1. The van der Waals surface area contributed by atoms with E-state index in [9.17, 15) is 4.79 Å². The highest BCUT2D eigenvalue weighted by Crippen LogP contribution is 2.38. The number of aryl methyl sites for hydroxylation is 1. The Hall–Kier alpha value is -1.82. The molecule has 0 radical (unpaired) electrons. The highest BCUT2D eigenvalue weighted by atomic mass is 32.2. The van der Waals surface area contributed by atoms with E-state index in [1.807, 2.05) is 31.2 Å². The summed E-state index contributed by atoms with van der Waals surface area (Å²) in [4.78, 5) is 16.2. The number of hydrogen-bond donors (Lipinski definition) is 2. The van der Waals surface area contributed by atoms with Crippen molar-refractivity contribution in [3.05, 3.63) is 41.2 Å². The van der Waals surface area contributed by atoms with Crippen molar-refractivity contribution < 1.29 is 4.79 Å². The minimum Gasteiger partial charge on any atom is -0.351 e. The highest BCUT2D eigenvalue weighted by molar-refractivity contribution is 7.99. The first-order chi connectivity index (χ1) is 10.2. The number of hydrogen-bond acceptors (Lipinski definition) is 4. The molecule has 21 heavy (non-hydrogen) atoms. The van der Waals surface area contributed by atoms with Crippen molar-refractivity contribution >= 4 is 17.7 Å². The fourth-order valence-electron chi connectivity index (χ4n) is 1.95. The van der Waals surface area contributed by atoms with Crippen molar-refractivity contribution in [3.8, 4) is 0 Å². The lowest BCUT2D eigenvalue weighted by Crippen LogP contribution is -2.24. The van der Waals surface area contributed by atoms with E-state index in [2.05, 4.69) is 20.5 Å². The van der Waals surface area contributed by atoms with E-state index >= 15 is 0 Å². The summed E-state index contributed by atoms with van der Waals surface area (Å²) in [7, 11) is 0. The monoisotopic (exact) mass is 302 g/mol. The Labute approximate surface area is 127 Å². The zero-order valence-corrected chi connectivity index (χ0v) is 12.7. The van der Waals surface area contributed by atoms with Crippen molar-refractivity contribution in [1.29, 1.82) is 0 Å². The fraction of sp³-hybridized carbons (Fsp3) is 0.400. The van der Waals surface area contributed by atoms with Gasteiger partial charge in [0.2, 0.25) is 11.1 Å². The molecule has 0 spiro atoms. The van der Waals surface area contributed by atoms with Gasteiger partial charge in [-0.3, -0.25) is 9.89 Å². The molecule has 2 aromatic rings. The van der Waals surface area contributed by atoms with Gasteiger partial charge < -0.3 is 5.32 Å². The van der Waals surface area contributed by atoms with Crippen molar-refractivity contribution in [2.45, 2.75) is 37.4 Å². The molecule has 2 N–H and O–H groups in total. The molecule has 1 saturated carbocycles. The van der Waals surface area contributed by atoms with Crippen LogP contribution in [0.5, 0.6) is 0 Å². The van der Waals surface area contributed by atoms with Crippen molar-refractivity contribution in [2.75, 3.05) is 5.75 Å². The van der Waals surface area contributed by atoms with Crippen LogP contribution in [0.15, 0.2) is 29.4 Å².